The smallest absolute Gasteiger partial charge is 0.322 e. The monoisotopic (exact) mass is 391 g/mol. The van der Waals surface area contributed by atoms with Gasteiger partial charge in [0.15, 0.2) is 11.6 Å². The summed E-state index contributed by atoms with van der Waals surface area (Å²) in [5.74, 6) is -0.995. The Balaban J connectivity index is 1.43. The Kier molecular flexibility index (Phi) is 4.93. The zero-order valence-electron chi connectivity index (χ0n) is 14.9. The quantitative estimate of drug-likeness (QED) is 0.562. The van der Waals surface area contributed by atoms with Crippen molar-refractivity contribution in [3.05, 3.63) is 83.4 Å². The van der Waals surface area contributed by atoms with Gasteiger partial charge in [0.1, 0.15) is 6.54 Å². The van der Waals surface area contributed by atoms with Gasteiger partial charge in [-0.3, -0.25) is 14.2 Å². The van der Waals surface area contributed by atoms with Crippen molar-refractivity contribution >= 4 is 22.5 Å². The lowest BCUT2D eigenvalue weighted by molar-refractivity contribution is -0.116. The highest BCUT2D eigenvalue weighted by molar-refractivity contribution is 5.90. The van der Waals surface area contributed by atoms with Crippen molar-refractivity contribution in [2.75, 3.05) is 5.32 Å². The average molecular weight is 391 g/mol. The molecule has 144 valence electrons. The lowest BCUT2D eigenvalue weighted by atomic mass is 10.2. The maximum atomic E-state index is 13.6. The molecule has 0 radical (unpaired) electrons. The van der Waals surface area contributed by atoms with E-state index in [9.17, 15) is 14.0 Å². The number of amides is 1. The lowest BCUT2D eigenvalue weighted by Gasteiger charge is -2.08. The molecule has 2 aromatic carbocycles. The van der Waals surface area contributed by atoms with Crippen LogP contribution < -0.4 is 15.6 Å². The first-order chi connectivity index (χ1) is 14.1. The third-order valence-corrected chi connectivity index (χ3v) is 4.00. The van der Waals surface area contributed by atoms with Crippen LogP contribution in [-0.2, 0) is 11.3 Å². The van der Waals surface area contributed by atoms with E-state index in [1.807, 2.05) is 0 Å². The highest BCUT2D eigenvalue weighted by Gasteiger charge is 2.10. The summed E-state index contributed by atoms with van der Waals surface area (Å²) < 4.78 is 20.1. The fraction of sp³-hybridized carbons (Fsp3) is 0.0500. The molecule has 2 aromatic heterocycles. The van der Waals surface area contributed by atoms with E-state index < -0.39 is 11.7 Å². The number of fused-ring (bicyclic) bond motifs is 1. The molecule has 0 atom stereocenters. The van der Waals surface area contributed by atoms with E-state index >= 15 is 0 Å². The third-order valence-electron chi connectivity index (χ3n) is 4.00. The molecule has 4 aromatic rings. The Morgan fingerprint density at radius 3 is 2.55 bits per heavy atom. The number of carbonyl (C=O) groups excluding carboxylic acids is 1. The van der Waals surface area contributed by atoms with Crippen molar-refractivity contribution in [3.63, 3.8) is 0 Å². The minimum atomic E-state index is -0.539. The summed E-state index contributed by atoms with van der Waals surface area (Å²) in [5.41, 5.74) is 0.557. The summed E-state index contributed by atoms with van der Waals surface area (Å²) in [6, 6.07) is 12.7. The molecule has 0 bridgehead atoms. The number of hydrogen-bond acceptors (Lipinski definition) is 6. The molecule has 29 heavy (non-hydrogen) atoms. The number of nitrogens with zero attached hydrogens (tertiary/aromatic N) is 4. The standard InChI is InChI=1S/C20H14FN5O3/c21-15-6-2-4-8-17(15)29-20-22-9-13(10-23-20)25-18(27)11-26-12-24-16-7-3-1-5-14(16)19(26)28/h1-10,12H,11H2,(H,25,27). The van der Waals surface area contributed by atoms with Crippen LogP contribution in [0.25, 0.3) is 10.9 Å². The molecule has 9 heteroatoms. The first-order valence-electron chi connectivity index (χ1n) is 8.58. The second-order valence-electron chi connectivity index (χ2n) is 6.03. The van der Waals surface area contributed by atoms with Crippen LogP contribution in [0.5, 0.6) is 11.8 Å². The van der Waals surface area contributed by atoms with Gasteiger partial charge in [0.25, 0.3) is 5.56 Å². The van der Waals surface area contributed by atoms with Gasteiger partial charge >= 0.3 is 6.01 Å². The molecule has 1 amide bonds. The number of ether oxygens (including phenoxy) is 1. The Morgan fingerprint density at radius 2 is 1.76 bits per heavy atom. The lowest BCUT2D eigenvalue weighted by Crippen LogP contribution is -2.27. The fourth-order valence-electron chi connectivity index (χ4n) is 2.63. The van der Waals surface area contributed by atoms with Crippen molar-refractivity contribution in [1.82, 2.24) is 19.5 Å². The molecule has 0 saturated heterocycles. The van der Waals surface area contributed by atoms with Crippen LogP contribution in [0.15, 0.2) is 72.0 Å². The summed E-state index contributed by atoms with van der Waals surface area (Å²) in [6.07, 6.45) is 3.97. The van der Waals surface area contributed by atoms with Crippen LogP contribution in [-0.4, -0.2) is 25.4 Å². The van der Waals surface area contributed by atoms with Gasteiger partial charge in [0.2, 0.25) is 5.91 Å². The number of halogens is 1. The SMILES string of the molecule is O=C(Cn1cnc2ccccc2c1=O)Nc1cnc(Oc2ccccc2F)nc1. The Hall–Kier alpha value is -4.14. The average Bonchev–Trinajstić information content (AvgIpc) is 2.73. The molecule has 1 N–H and O–H groups in total. The minimum absolute atomic E-state index is 0.00698. The Bertz CT molecular complexity index is 1240. The molecule has 0 spiro atoms. The maximum Gasteiger partial charge on any atom is 0.322 e. The number of aromatic nitrogens is 4. The first kappa shape index (κ1) is 18.2. The molecule has 4 rings (SSSR count). The molecule has 0 aliphatic rings. The number of nitrogens with one attached hydrogen (secondary N) is 1. The van der Waals surface area contributed by atoms with Crippen molar-refractivity contribution in [3.8, 4) is 11.8 Å². The minimum Gasteiger partial charge on any atom is -0.421 e. The molecule has 0 aliphatic carbocycles. The Morgan fingerprint density at radius 1 is 1.03 bits per heavy atom. The molecular formula is C20H14FN5O3. The second kappa shape index (κ2) is 7.85. The second-order valence-corrected chi connectivity index (χ2v) is 6.03. The van der Waals surface area contributed by atoms with E-state index in [-0.39, 0.29) is 23.9 Å². The van der Waals surface area contributed by atoms with E-state index in [1.54, 1.807) is 30.3 Å². The zero-order valence-corrected chi connectivity index (χ0v) is 14.9. The van der Waals surface area contributed by atoms with E-state index in [4.69, 9.17) is 4.74 Å². The molecule has 0 saturated carbocycles. The van der Waals surface area contributed by atoms with Crippen molar-refractivity contribution < 1.29 is 13.9 Å². The van der Waals surface area contributed by atoms with E-state index in [0.717, 1.165) is 0 Å². The largest absolute Gasteiger partial charge is 0.421 e. The molecule has 0 unspecified atom stereocenters. The normalized spacial score (nSPS) is 10.7. The van der Waals surface area contributed by atoms with Gasteiger partial charge in [-0.1, -0.05) is 24.3 Å². The van der Waals surface area contributed by atoms with Gasteiger partial charge in [-0.05, 0) is 24.3 Å². The highest BCUT2D eigenvalue weighted by atomic mass is 19.1. The zero-order chi connectivity index (χ0) is 20.2. The van der Waals surface area contributed by atoms with Gasteiger partial charge in [-0.25, -0.2) is 19.3 Å². The first-order valence-corrected chi connectivity index (χ1v) is 8.58. The predicted octanol–water partition coefficient (Wildman–Crippen LogP) is 2.76. The van der Waals surface area contributed by atoms with Gasteiger partial charge in [-0.2, -0.15) is 0 Å². The van der Waals surface area contributed by atoms with E-state index in [1.165, 1.54) is 41.5 Å². The Labute approximate surface area is 163 Å². The fourth-order valence-corrected chi connectivity index (χ4v) is 2.63. The summed E-state index contributed by atoms with van der Waals surface area (Å²) in [4.78, 5) is 36.7. The van der Waals surface area contributed by atoms with Crippen LogP contribution in [0.4, 0.5) is 10.1 Å². The number of carbonyl (C=O) groups is 1. The van der Waals surface area contributed by atoms with Gasteiger partial charge < -0.3 is 10.1 Å². The summed E-state index contributed by atoms with van der Waals surface area (Å²) in [5, 5.41) is 3.02. The van der Waals surface area contributed by atoms with E-state index in [0.29, 0.717) is 16.6 Å². The van der Waals surface area contributed by atoms with Gasteiger partial charge in [0.05, 0.1) is 35.3 Å². The summed E-state index contributed by atoms with van der Waals surface area (Å²) >= 11 is 0. The predicted molar refractivity (Wildman–Crippen MR) is 103 cm³/mol. The number of hydrogen-bond donors (Lipinski definition) is 1. The van der Waals surface area contributed by atoms with Crippen LogP contribution in [0.1, 0.15) is 0 Å². The van der Waals surface area contributed by atoms with Crippen LogP contribution >= 0.6 is 0 Å². The highest BCUT2D eigenvalue weighted by Crippen LogP contribution is 2.21. The number of rotatable bonds is 5. The number of benzene rings is 2. The number of para-hydroxylation sites is 2. The van der Waals surface area contributed by atoms with Crippen LogP contribution in [0, 0.1) is 5.82 Å². The summed E-state index contributed by atoms with van der Waals surface area (Å²) in [7, 11) is 0. The van der Waals surface area contributed by atoms with Crippen LogP contribution in [0.3, 0.4) is 0 Å². The molecule has 2 heterocycles. The van der Waals surface area contributed by atoms with Crippen molar-refractivity contribution in [1.29, 1.82) is 0 Å². The molecule has 8 nitrogen and oxygen atoms in total. The molecular weight excluding hydrogens is 377 g/mol. The van der Waals surface area contributed by atoms with Crippen molar-refractivity contribution in [2.24, 2.45) is 0 Å². The van der Waals surface area contributed by atoms with Crippen molar-refractivity contribution in [2.45, 2.75) is 6.54 Å². The van der Waals surface area contributed by atoms with Gasteiger partial charge in [0, 0.05) is 0 Å². The summed E-state index contributed by atoms with van der Waals surface area (Å²) in [6.45, 7) is -0.218. The van der Waals surface area contributed by atoms with E-state index in [2.05, 4.69) is 20.3 Å². The third kappa shape index (κ3) is 4.08. The molecule has 0 aliphatic heterocycles. The number of anilines is 1. The molecule has 0 fully saturated rings. The topological polar surface area (TPSA) is 99.0 Å². The van der Waals surface area contributed by atoms with Gasteiger partial charge in [-0.15, -0.1) is 0 Å². The van der Waals surface area contributed by atoms with Crippen LogP contribution in [0.2, 0.25) is 0 Å². The maximum absolute atomic E-state index is 13.6.